The van der Waals surface area contributed by atoms with Crippen LogP contribution in [0.1, 0.15) is 44.9 Å². The molecule has 19 heavy (non-hydrogen) atoms. The zero-order valence-electron chi connectivity index (χ0n) is 11.1. The first kappa shape index (κ1) is 12.8. The average Bonchev–Trinajstić information content (AvgIpc) is 3.26. The minimum atomic E-state index is -0.737. The monoisotopic (exact) mass is 266 g/mol. The molecule has 5 heteroatoms. The molecule has 3 aliphatic rings. The molecule has 3 fully saturated rings. The summed E-state index contributed by atoms with van der Waals surface area (Å²) < 4.78 is 0. The van der Waals surface area contributed by atoms with E-state index in [4.69, 9.17) is 5.11 Å². The normalized spacial score (nSPS) is 30.4. The second kappa shape index (κ2) is 5.02. The third-order valence-corrected chi connectivity index (χ3v) is 4.67. The molecule has 3 saturated carbocycles. The van der Waals surface area contributed by atoms with Gasteiger partial charge in [-0.3, -0.25) is 4.79 Å². The summed E-state index contributed by atoms with van der Waals surface area (Å²) in [6.07, 6.45) is 6.99. The Kier molecular flexibility index (Phi) is 3.37. The predicted octanol–water partition coefficient (Wildman–Crippen LogP) is 1.73. The van der Waals surface area contributed by atoms with Crippen molar-refractivity contribution in [2.45, 2.75) is 57.0 Å². The van der Waals surface area contributed by atoms with Crippen LogP contribution in [0.3, 0.4) is 0 Å². The Labute approximate surface area is 113 Å². The first-order valence-corrected chi connectivity index (χ1v) is 7.43. The van der Waals surface area contributed by atoms with Gasteiger partial charge in [-0.15, -0.1) is 0 Å². The van der Waals surface area contributed by atoms with E-state index in [2.05, 4.69) is 10.6 Å². The topological polar surface area (TPSA) is 78.4 Å². The summed E-state index contributed by atoms with van der Waals surface area (Å²) in [6.45, 7) is 0. The highest BCUT2D eigenvalue weighted by Crippen LogP contribution is 2.44. The fraction of sp³-hybridized carbons (Fsp3) is 0.857. The first-order chi connectivity index (χ1) is 9.13. The molecule has 5 nitrogen and oxygen atoms in total. The highest BCUT2D eigenvalue weighted by atomic mass is 16.4. The van der Waals surface area contributed by atoms with Gasteiger partial charge in [-0.25, -0.2) is 4.79 Å². The van der Waals surface area contributed by atoms with Crippen molar-refractivity contribution in [1.82, 2.24) is 10.6 Å². The zero-order valence-corrected chi connectivity index (χ0v) is 11.1. The Hall–Kier alpha value is -1.26. The SMILES string of the molecule is O=C(NC(C1CC1)C1CC1)N[C@H]1CC[C@@H](C(=O)O)C1. The highest BCUT2D eigenvalue weighted by molar-refractivity contribution is 5.75. The molecule has 2 amide bonds. The predicted molar refractivity (Wildman–Crippen MR) is 69.7 cm³/mol. The minimum absolute atomic E-state index is 0.0279. The maximum atomic E-state index is 12.0. The highest BCUT2D eigenvalue weighted by Gasteiger charge is 2.42. The van der Waals surface area contributed by atoms with Crippen molar-refractivity contribution in [2.75, 3.05) is 0 Å². The lowest BCUT2D eigenvalue weighted by Gasteiger charge is -2.20. The van der Waals surface area contributed by atoms with Crippen molar-refractivity contribution in [3.63, 3.8) is 0 Å². The molecule has 0 aromatic carbocycles. The molecule has 2 atom stereocenters. The van der Waals surface area contributed by atoms with Crippen molar-refractivity contribution >= 4 is 12.0 Å². The summed E-state index contributed by atoms with van der Waals surface area (Å²) in [5.74, 6) is 0.355. The summed E-state index contributed by atoms with van der Waals surface area (Å²) in [7, 11) is 0. The Balaban J connectivity index is 1.44. The Morgan fingerprint density at radius 3 is 2.11 bits per heavy atom. The number of carbonyl (C=O) groups is 2. The third-order valence-electron chi connectivity index (χ3n) is 4.67. The van der Waals surface area contributed by atoms with E-state index in [1.165, 1.54) is 25.7 Å². The van der Waals surface area contributed by atoms with Gasteiger partial charge in [0.05, 0.1) is 5.92 Å². The molecule has 3 N–H and O–H groups in total. The van der Waals surface area contributed by atoms with E-state index in [1.807, 2.05) is 0 Å². The van der Waals surface area contributed by atoms with Crippen molar-refractivity contribution in [3.8, 4) is 0 Å². The van der Waals surface area contributed by atoms with Crippen LogP contribution in [0.25, 0.3) is 0 Å². The third kappa shape index (κ3) is 3.19. The van der Waals surface area contributed by atoms with Gasteiger partial charge in [0.15, 0.2) is 0 Å². The van der Waals surface area contributed by atoms with Crippen LogP contribution in [0.15, 0.2) is 0 Å². The average molecular weight is 266 g/mol. The van der Waals surface area contributed by atoms with Gasteiger partial charge in [-0.1, -0.05) is 0 Å². The Morgan fingerprint density at radius 2 is 1.63 bits per heavy atom. The largest absolute Gasteiger partial charge is 0.481 e. The number of rotatable bonds is 5. The first-order valence-electron chi connectivity index (χ1n) is 7.43. The quantitative estimate of drug-likeness (QED) is 0.709. The van der Waals surface area contributed by atoms with Crippen LogP contribution in [-0.2, 0) is 4.79 Å². The maximum absolute atomic E-state index is 12.0. The van der Waals surface area contributed by atoms with Crippen LogP contribution in [0.4, 0.5) is 4.79 Å². The molecule has 0 unspecified atom stereocenters. The van der Waals surface area contributed by atoms with Crippen LogP contribution in [0, 0.1) is 17.8 Å². The van der Waals surface area contributed by atoms with Crippen molar-refractivity contribution in [1.29, 1.82) is 0 Å². The van der Waals surface area contributed by atoms with E-state index < -0.39 is 5.97 Å². The number of nitrogens with one attached hydrogen (secondary N) is 2. The molecule has 0 radical (unpaired) electrons. The molecule has 0 aromatic heterocycles. The van der Waals surface area contributed by atoms with Crippen LogP contribution >= 0.6 is 0 Å². The van der Waals surface area contributed by atoms with Crippen LogP contribution in [0.2, 0.25) is 0 Å². The molecule has 0 aromatic rings. The number of amides is 2. The lowest BCUT2D eigenvalue weighted by molar-refractivity contribution is -0.141. The summed E-state index contributed by atoms with van der Waals surface area (Å²) >= 11 is 0. The zero-order chi connectivity index (χ0) is 13.4. The van der Waals surface area contributed by atoms with E-state index in [1.54, 1.807) is 0 Å². The number of hydrogen-bond acceptors (Lipinski definition) is 2. The maximum Gasteiger partial charge on any atom is 0.315 e. The summed E-state index contributed by atoms with van der Waals surface area (Å²) in [5, 5.41) is 15.0. The van der Waals surface area contributed by atoms with Crippen molar-refractivity contribution in [2.24, 2.45) is 17.8 Å². The Morgan fingerprint density at radius 1 is 1.00 bits per heavy atom. The molecule has 106 valence electrons. The molecular weight excluding hydrogens is 244 g/mol. The molecule has 0 heterocycles. The molecule has 0 bridgehead atoms. The summed E-state index contributed by atoms with van der Waals surface area (Å²) in [5.41, 5.74) is 0. The number of urea groups is 1. The fourth-order valence-electron chi connectivity index (χ4n) is 3.25. The molecule has 0 saturated heterocycles. The number of hydrogen-bond donors (Lipinski definition) is 3. The number of carboxylic acids is 1. The van der Waals surface area contributed by atoms with Gasteiger partial charge in [-0.2, -0.15) is 0 Å². The molecule has 0 spiro atoms. The van der Waals surface area contributed by atoms with Crippen LogP contribution in [0.5, 0.6) is 0 Å². The second-order valence-electron chi connectivity index (χ2n) is 6.36. The summed E-state index contributed by atoms with van der Waals surface area (Å²) in [6, 6.07) is 0.289. The van der Waals surface area contributed by atoms with E-state index in [0.29, 0.717) is 30.7 Å². The van der Waals surface area contributed by atoms with Crippen LogP contribution < -0.4 is 10.6 Å². The minimum Gasteiger partial charge on any atom is -0.481 e. The number of carboxylic acid groups (broad SMARTS) is 1. The molecule has 0 aliphatic heterocycles. The smallest absolute Gasteiger partial charge is 0.315 e. The number of carbonyl (C=O) groups excluding carboxylic acids is 1. The standard InChI is InChI=1S/C14H22N2O3/c17-13(18)10-5-6-11(7-10)15-14(19)16-12(8-1-2-8)9-3-4-9/h8-12H,1-7H2,(H,17,18)(H2,15,16,19)/t10-,11+/m1/s1. The second-order valence-corrected chi connectivity index (χ2v) is 6.36. The van der Waals surface area contributed by atoms with Gasteiger partial charge in [0.1, 0.15) is 0 Å². The van der Waals surface area contributed by atoms with E-state index >= 15 is 0 Å². The molecular formula is C14H22N2O3. The lowest BCUT2D eigenvalue weighted by atomic mass is 10.1. The molecule has 3 aliphatic carbocycles. The van der Waals surface area contributed by atoms with Gasteiger partial charge in [0, 0.05) is 12.1 Å². The van der Waals surface area contributed by atoms with Crippen molar-refractivity contribution in [3.05, 3.63) is 0 Å². The Bertz CT molecular complexity index is 365. The van der Waals surface area contributed by atoms with Gasteiger partial charge in [-0.05, 0) is 56.8 Å². The summed E-state index contributed by atoms with van der Waals surface area (Å²) in [4.78, 5) is 22.9. The van der Waals surface area contributed by atoms with E-state index in [0.717, 1.165) is 6.42 Å². The van der Waals surface area contributed by atoms with Crippen molar-refractivity contribution < 1.29 is 14.7 Å². The van der Waals surface area contributed by atoms with Gasteiger partial charge in [0.25, 0.3) is 0 Å². The van der Waals surface area contributed by atoms with E-state index in [-0.39, 0.29) is 18.0 Å². The van der Waals surface area contributed by atoms with Gasteiger partial charge in [0.2, 0.25) is 0 Å². The van der Waals surface area contributed by atoms with Gasteiger partial charge < -0.3 is 15.7 Å². The van der Waals surface area contributed by atoms with Gasteiger partial charge >= 0.3 is 12.0 Å². The lowest BCUT2D eigenvalue weighted by Crippen LogP contribution is -2.47. The fourth-order valence-corrected chi connectivity index (χ4v) is 3.25. The van der Waals surface area contributed by atoms with E-state index in [9.17, 15) is 9.59 Å². The van der Waals surface area contributed by atoms with Crippen LogP contribution in [-0.4, -0.2) is 29.2 Å². The molecule has 3 rings (SSSR count). The number of aliphatic carboxylic acids is 1.